The molecule has 0 fully saturated rings. The van der Waals surface area contributed by atoms with E-state index in [1.165, 1.54) is 36.5 Å². The highest BCUT2D eigenvalue weighted by Gasteiger charge is 2.30. The molecule has 3 rings (SSSR count). The van der Waals surface area contributed by atoms with Crippen molar-refractivity contribution in [1.29, 1.82) is 0 Å². The van der Waals surface area contributed by atoms with Crippen LogP contribution in [0.3, 0.4) is 0 Å². The average molecular weight is 380 g/mol. The molecule has 7 nitrogen and oxygen atoms in total. The fourth-order valence-corrected chi connectivity index (χ4v) is 3.82. The Kier molecular flexibility index (Phi) is 4.40. The largest absolute Gasteiger partial charge is 0.504 e. The van der Waals surface area contributed by atoms with Gasteiger partial charge in [0.05, 0.1) is 13.3 Å². The van der Waals surface area contributed by atoms with E-state index in [-0.39, 0.29) is 22.2 Å². The molecular weight excluding hydrogens is 366 g/mol. The highest BCUT2D eigenvalue weighted by molar-refractivity contribution is 7.90. The highest BCUT2D eigenvalue weighted by Crippen LogP contribution is 2.32. The Morgan fingerprint density at radius 1 is 1.32 bits per heavy atom. The van der Waals surface area contributed by atoms with Crippen molar-refractivity contribution in [2.24, 2.45) is 9.50 Å². The smallest absolute Gasteiger partial charge is 0.285 e. The maximum atomic E-state index is 12.1. The van der Waals surface area contributed by atoms with Gasteiger partial charge in [-0.3, -0.25) is 0 Å². The number of methoxy groups -OCH3 is 1. The lowest BCUT2D eigenvalue weighted by Crippen LogP contribution is -2.21. The summed E-state index contributed by atoms with van der Waals surface area (Å²) < 4.78 is 33.0. The predicted molar refractivity (Wildman–Crippen MR) is 95.2 cm³/mol. The second-order valence-electron chi connectivity index (χ2n) is 5.20. The maximum absolute atomic E-state index is 12.1. The molecule has 25 heavy (non-hydrogen) atoms. The lowest BCUT2D eigenvalue weighted by molar-refractivity contribution is 0.373. The molecule has 0 radical (unpaired) electrons. The summed E-state index contributed by atoms with van der Waals surface area (Å²) in [5.74, 6) is 0.286. The van der Waals surface area contributed by atoms with Crippen LogP contribution in [0, 0.1) is 0 Å². The summed E-state index contributed by atoms with van der Waals surface area (Å²) in [6, 6.07) is 9.49. The molecule has 0 unspecified atom stereocenters. The molecule has 1 heterocycles. The van der Waals surface area contributed by atoms with Gasteiger partial charge in [-0.15, -0.1) is 4.40 Å². The first kappa shape index (κ1) is 17.2. The molecule has 0 bridgehead atoms. The summed E-state index contributed by atoms with van der Waals surface area (Å²) in [7, 11) is -0.755. The van der Waals surface area contributed by atoms with Crippen LogP contribution in [-0.2, 0) is 10.0 Å². The number of aromatic hydroxyl groups is 1. The molecule has 0 aromatic heterocycles. The van der Waals surface area contributed by atoms with E-state index in [1.807, 2.05) is 0 Å². The van der Waals surface area contributed by atoms with E-state index in [0.29, 0.717) is 16.1 Å². The van der Waals surface area contributed by atoms with Gasteiger partial charge in [-0.25, -0.2) is 5.01 Å². The number of sulfonamides is 1. The zero-order valence-electron chi connectivity index (χ0n) is 13.3. The minimum Gasteiger partial charge on any atom is -0.504 e. The third kappa shape index (κ3) is 3.18. The Hall–Kier alpha value is -2.58. The van der Waals surface area contributed by atoms with E-state index in [4.69, 9.17) is 16.3 Å². The lowest BCUT2D eigenvalue weighted by atomic mass is 10.2. The molecule has 2 aromatic rings. The Balaban J connectivity index is 1.95. The lowest BCUT2D eigenvalue weighted by Gasteiger charge is -2.13. The molecule has 1 N–H and O–H groups in total. The SMILES string of the molecule is COc1cc(Cl)cc(/C=N/N(C)C2=NS(=O)(=O)c3ccccc32)c1O. The number of ether oxygens (including phenoxy) is 1. The van der Waals surface area contributed by atoms with E-state index < -0.39 is 10.0 Å². The number of amidine groups is 1. The molecule has 2 aromatic carbocycles. The van der Waals surface area contributed by atoms with Gasteiger partial charge < -0.3 is 9.84 Å². The summed E-state index contributed by atoms with van der Waals surface area (Å²) in [4.78, 5) is 0.138. The molecule has 9 heteroatoms. The number of benzene rings is 2. The van der Waals surface area contributed by atoms with Crippen LogP contribution in [-0.4, -0.2) is 44.7 Å². The van der Waals surface area contributed by atoms with Gasteiger partial charge in [0.2, 0.25) is 0 Å². The van der Waals surface area contributed by atoms with Crippen LogP contribution in [0.5, 0.6) is 11.5 Å². The number of hydrogen-bond acceptors (Lipinski definition) is 6. The van der Waals surface area contributed by atoms with E-state index in [2.05, 4.69) is 9.50 Å². The van der Waals surface area contributed by atoms with Gasteiger partial charge in [-0.05, 0) is 18.2 Å². The standard InChI is InChI=1S/C16H14ClN3O4S/c1-20(16-12-5-3-4-6-14(12)25(22,23)19-16)18-9-10-7-11(17)8-13(24-2)15(10)21/h3-9,21H,1-2H3/b18-9+. The first-order valence-corrected chi connectivity index (χ1v) is 8.94. The quantitative estimate of drug-likeness (QED) is 0.653. The van der Waals surface area contributed by atoms with Crippen molar-refractivity contribution >= 4 is 33.7 Å². The first-order chi connectivity index (χ1) is 11.8. The van der Waals surface area contributed by atoms with Crippen molar-refractivity contribution in [3.63, 3.8) is 0 Å². The summed E-state index contributed by atoms with van der Waals surface area (Å²) in [5.41, 5.74) is 0.793. The number of fused-ring (bicyclic) bond motifs is 1. The maximum Gasteiger partial charge on any atom is 0.285 e. The Morgan fingerprint density at radius 3 is 2.76 bits per heavy atom. The molecule has 0 amide bonds. The van der Waals surface area contributed by atoms with E-state index >= 15 is 0 Å². The van der Waals surface area contributed by atoms with Crippen molar-refractivity contribution in [3.8, 4) is 11.5 Å². The minimum absolute atomic E-state index is 0.120. The van der Waals surface area contributed by atoms with Gasteiger partial charge in [0, 0.05) is 29.3 Å². The molecular formula is C16H14ClN3O4S. The van der Waals surface area contributed by atoms with Crippen molar-refractivity contribution in [2.45, 2.75) is 4.90 Å². The molecule has 0 spiro atoms. The minimum atomic E-state index is -3.73. The summed E-state index contributed by atoms with van der Waals surface area (Å²) in [6.07, 6.45) is 1.35. The van der Waals surface area contributed by atoms with Crippen LogP contribution in [0.2, 0.25) is 5.02 Å². The average Bonchev–Trinajstić information content (AvgIpc) is 2.87. The number of halogens is 1. The predicted octanol–water partition coefficient (Wildman–Crippen LogP) is 2.47. The van der Waals surface area contributed by atoms with Crippen LogP contribution in [0.15, 0.2) is 50.8 Å². The molecule has 0 atom stereocenters. The topological polar surface area (TPSA) is 91.6 Å². The van der Waals surface area contributed by atoms with Crippen molar-refractivity contribution < 1.29 is 18.3 Å². The van der Waals surface area contributed by atoms with Crippen LogP contribution in [0.25, 0.3) is 0 Å². The Bertz CT molecular complexity index is 1000. The number of rotatable bonds is 3. The number of hydrogen-bond donors (Lipinski definition) is 1. The Labute approximate surface area is 149 Å². The van der Waals surface area contributed by atoms with E-state index in [0.717, 1.165) is 0 Å². The second kappa shape index (κ2) is 6.38. The summed E-state index contributed by atoms with van der Waals surface area (Å²) >= 11 is 5.98. The summed E-state index contributed by atoms with van der Waals surface area (Å²) in [6.45, 7) is 0. The fourth-order valence-electron chi connectivity index (χ4n) is 2.37. The molecule has 130 valence electrons. The van der Waals surface area contributed by atoms with Crippen LogP contribution >= 0.6 is 11.6 Å². The summed E-state index contributed by atoms with van der Waals surface area (Å²) in [5, 5.41) is 16.0. The second-order valence-corrected chi connectivity index (χ2v) is 7.21. The van der Waals surface area contributed by atoms with E-state index in [9.17, 15) is 13.5 Å². The normalized spacial score (nSPS) is 15.1. The first-order valence-electron chi connectivity index (χ1n) is 7.12. The van der Waals surface area contributed by atoms with Crippen LogP contribution in [0.4, 0.5) is 0 Å². The van der Waals surface area contributed by atoms with E-state index in [1.54, 1.807) is 25.2 Å². The zero-order chi connectivity index (χ0) is 18.2. The third-order valence-corrected chi connectivity index (χ3v) is 5.12. The van der Waals surface area contributed by atoms with Gasteiger partial charge in [0.1, 0.15) is 4.90 Å². The monoisotopic (exact) mass is 379 g/mol. The van der Waals surface area contributed by atoms with Gasteiger partial charge in [-0.1, -0.05) is 23.7 Å². The number of phenols is 1. The van der Waals surface area contributed by atoms with Crippen molar-refractivity contribution in [3.05, 3.63) is 52.5 Å². The molecule has 1 aliphatic heterocycles. The fraction of sp³-hybridized carbons (Fsp3) is 0.125. The van der Waals surface area contributed by atoms with Crippen molar-refractivity contribution in [1.82, 2.24) is 5.01 Å². The number of nitrogens with zero attached hydrogens (tertiary/aromatic N) is 3. The highest BCUT2D eigenvalue weighted by atomic mass is 35.5. The third-order valence-electron chi connectivity index (χ3n) is 3.58. The van der Waals surface area contributed by atoms with Crippen LogP contribution in [0.1, 0.15) is 11.1 Å². The van der Waals surface area contributed by atoms with Gasteiger partial charge in [0.25, 0.3) is 10.0 Å². The Morgan fingerprint density at radius 2 is 2.04 bits per heavy atom. The number of hydrazone groups is 1. The van der Waals surface area contributed by atoms with Crippen molar-refractivity contribution in [2.75, 3.05) is 14.2 Å². The number of phenolic OH excluding ortho intramolecular Hbond substituents is 1. The van der Waals surface area contributed by atoms with Crippen LogP contribution < -0.4 is 4.74 Å². The molecule has 0 saturated heterocycles. The molecule has 0 saturated carbocycles. The van der Waals surface area contributed by atoms with Gasteiger partial charge in [-0.2, -0.15) is 13.5 Å². The molecule has 1 aliphatic rings. The van der Waals surface area contributed by atoms with Gasteiger partial charge >= 0.3 is 0 Å². The molecule has 0 aliphatic carbocycles. The zero-order valence-corrected chi connectivity index (χ0v) is 14.9. The van der Waals surface area contributed by atoms with Gasteiger partial charge in [0.15, 0.2) is 17.3 Å².